The Labute approximate surface area is 118 Å². The molecule has 0 saturated carbocycles. The number of halogens is 1. The number of nitrogens with zero attached hydrogens (tertiary/aromatic N) is 2. The quantitative estimate of drug-likeness (QED) is 0.936. The number of aryl methyl sites for hydroxylation is 3. The van der Waals surface area contributed by atoms with Crippen molar-refractivity contribution in [1.82, 2.24) is 9.78 Å². The fourth-order valence-electron chi connectivity index (χ4n) is 2.06. The summed E-state index contributed by atoms with van der Waals surface area (Å²) in [5.74, 6) is 0.837. The monoisotopic (exact) mass is 279 g/mol. The van der Waals surface area contributed by atoms with E-state index in [0.717, 1.165) is 28.1 Å². The van der Waals surface area contributed by atoms with Crippen molar-refractivity contribution in [3.63, 3.8) is 0 Å². The lowest BCUT2D eigenvalue weighted by atomic mass is 10.1. The third kappa shape index (κ3) is 2.74. The van der Waals surface area contributed by atoms with Crippen LogP contribution >= 0.6 is 11.6 Å². The average Bonchev–Trinajstić information content (AvgIpc) is 2.62. The van der Waals surface area contributed by atoms with E-state index in [1.54, 1.807) is 4.68 Å². The van der Waals surface area contributed by atoms with Crippen LogP contribution in [0.2, 0.25) is 5.15 Å². The first kappa shape index (κ1) is 13.9. The fourth-order valence-corrected chi connectivity index (χ4v) is 2.29. The van der Waals surface area contributed by atoms with E-state index >= 15 is 0 Å². The second-order valence-electron chi connectivity index (χ2n) is 4.53. The van der Waals surface area contributed by atoms with E-state index in [1.165, 1.54) is 0 Å². The number of rotatable bonds is 4. The van der Waals surface area contributed by atoms with Gasteiger partial charge in [-0.25, -0.2) is 0 Å². The number of ether oxygens (including phenoxy) is 1. The van der Waals surface area contributed by atoms with Gasteiger partial charge in [-0.15, -0.1) is 0 Å². The molecule has 1 heterocycles. The molecule has 0 aliphatic rings. The molecule has 1 aromatic carbocycles. The van der Waals surface area contributed by atoms with Crippen LogP contribution in [0.3, 0.4) is 0 Å². The summed E-state index contributed by atoms with van der Waals surface area (Å²) < 4.78 is 7.55. The molecule has 1 aromatic heterocycles. The van der Waals surface area contributed by atoms with E-state index in [0.29, 0.717) is 18.3 Å². The van der Waals surface area contributed by atoms with Gasteiger partial charge in [0.15, 0.2) is 0 Å². The van der Waals surface area contributed by atoms with Gasteiger partial charge in [0.1, 0.15) is 17.5 Å². The predicted molar refractivity (Wildman–Crippen MR) is 76.4 cm³/mol. The van der Waals surface area contributed by atoms with E-state index in [2.05, 4.69) is 5.10 Å². The van der Waals surface area contributed by atoms with Crippen molar-refractivity contribution in [2.24, 2.45) is 12.8 Å². The molecule has 0 fully saturated rings. The zero-order chi connectivity index (χ0) is 14.0. The van der Waals surface area contributed by atoms with Crippen molar-refractivity contribution in [2.45, 2.75) is 27.0 Å². The zero-order valence-electron chi connectivity index (χ0n) is 11.4. The summed E-state index contributed by atoms with van der Waals surface area (Å²) in [4.78, 5) is 0. The van der Waals surface area contributed by atoms with Gasteiger partial charge in [-0.05, 0) is 19.4 Å². The lowest BCUT2D eigenvalue weighted by Gasteiger charge is -2.13. The van der Waals surface area contributed by atoms with Crippen LogP contribution in [-0.2, 0) is 20.2 Å². The first-order valence-electron chi connectivity index (χ1n) is 6.14. The Bertz CT molecular complexity index is 593. The van der Waals surface area contributed by atoms with Crippen LogP contribution in [0.25, 0.3) is 0 Å². The fraction of sp³-hybridized carbons (Fsp3) is 0.357. The molecule has 19 heavy (non-hydrogen) atoms. The summed E-state index contributed by atoms with van der Waals surface area (Å²) >= 11 is 6.19. The van der Waals surface area contributed by atoms with Gasteiger partial charge in [0, 0.05) is 24.7 Å². The molecule has 4 nitrogen and oxygen atoms in total. The molecule has 5 heteroatoms. The number of hydrogen-bond acceptors (Lipinski definition) is 3. The molecule has 0 saturated heterocycles. The second-order valence-corrected chi connectivity index (χ2v) is 4.89. The SMILES string of the molecule is Cc1cccc(CN)c1OCc1c(C)nn(C)c1Cl. The normalized spacial score (nSPS) is 10.8. The van der Waals surface area contributed by atoms with Gasteiger partial charge in [0.2, 0.25) is 0 Å². The molecular formula is C14H18ClN3O. The van der Waals surface area contributed by atoms with Crippen LogP contribution in [0.4, 0.5) is 0 Å². The molecule has 2 N–H and O–H groups in total. The standard InChI is InChI=1S/C14H18ClN3O/c1-9-5-4-6-11(7-16)13(9)19-8-12-10(2)17-18(3)14(12)15/h4-6H,7-8,16H2,1-3H3. The Balaban J connectivity index is 2.24. The van der Waals surface area contributed by atoms with E-state index in [1.807, 2.05) is 39.1 Å². The molecule has 102 valence electrons. The lowest BCUT2D eigenvalue weighted by molar-refractivity contribution is 0.300. The van der Waals surface area contributed by atoms with Crippen molar-refractivity contribution >= 4 is 11.6 Å². The van der Waals surface area contributed by atoms with Crippen molar-refractivity contribution < 1.29 is 4.74 Å². The van der Waals surface area contributed by atoms with Crippen molar-refractivity contribution in [1.29, 1.82) is 0 Å². The summed E-state index contributed by atoms with van der Waals surface area (Å²) in [6, 6.07) is 5.96. The van der Waals surface area contributed by atoms with Crippen LogP contribution in [-0.4, -0.2) is 9.78 Å². The van der Waals surface area contributed by atoms with Gasteiger partial charge in [-0.3, -0.25) is 4.68 Å². The molecule has 2 aromatic rings. The molecule has 2 rings (SSSR count). The molecule has 0 aliphatic carbocycles. The minimum atomic E-state index is 0.399. The predicted octanol–water partition coefficient (Wildman–Crippen LogP) is 2.73. The van der Waals surface area contributed by atoms with E-state index in [-0.39, 0.29) is 0 Å². The first-order chi connectivity index (χ1) is 9.04. The number of benzene rings is 1. The Morgan fingerprint density at radius 1 is 1.37 bits per heavy atom. The minimum Gasteiger partial charge on any atom is -0.488 e. The topological polar surface area (TPSA) is 53.1 Å². The number of hydrogen-bond donors (Lipinski definition) is 1. The van der Waals surface area contributed by atoms with Crippen molar-refractivity contribution in [2.75, 3.05) is 0 Å². The Morgan fingerprint density at radius 3 is 2.68 bits per heavy atom. The van der Waals surface area contributed by atoms with Crippen LogP contribution in [0.5, 0.6) is 5.75 Å². The third-order valence-electron chi connectivity index (χ3n) is 3.14. The third-order valence-corrected chi connectivity index (χ3v) is 3.62. The van der Waals surface area contributed by atoms with Crippen molar-refractivity contribution in [3.05, 3.63) is 45.7 Å². The number of aromatic nitrogens is 2. The molecule has 0 aliphatic heterocycles. The smallest absolute Gasteiger partial charge is 0.133 e. The maximum absolute atomic E-state index is 6.19. The summed E-state index contributed by atoms with van der Waals surface area (Å²) in [5.41, 5.74) is 9.59. The second kappa shape index (κ2) is 5.63. The Hall–Kier alpha value is -1.52. The lowest BCUT2D eigenvalue weighted by Crippen LogP contribution is -2.04. The first-order valence-corrected chi connectivity index (χ1v) is 6.51. The Kier molecular flexibility index (Phi) is 4.12. The van der Waals surface area contributed by atoms with Gasteiger partial charge in [-0.1, -0.05) is 29.8 Å². The van der Waals surface area contributed by atoms with Crippen molar-refractivity contribution in [3.8, 4) is 5.75 Å². The number of para-hydroxylation sites is 1. The highest BCUT2D eigenvalue weighted by Gasteiger charge is 2.13. The van der Waals surface area contributed by atoms with E-state index in [4.69, 9.17) is 22.1 Å². The Morgan fingerprint density at radius 2 is 2.11 bits per heavy atom. The van der Waals surface area contributed by atoms with Crippen LogP contribution in [0, 0.1) is 13.8 Å². The summed E-state index contributed by atoms with van der Waals surface area (Å²) in [5, 5.41) is 4.88. The molecular weight excluding hydrogens is 262 g/mol. The maximum atomic E-state index is 6.19. The zero-order valence-corrected chi connectivity index (χ0v) is 12.2. The molecule has 0 amide bonds. The highest BCUT2D eigenvalue weighted by atomic mass is 35.5. The summed E-state index contributed by atoms with van der Waals surface area (Å²) in [6.07, 6.45) is 0. The molecule has 0 spiro atoms. The van der Waals surface area contributed by atoms with Gasteiger partial charge in [-0.2, -0.15) is 5.10 Å². The van der Waals surface area contributed by atoms with Gasteiger partial charge in [0.25, 0.3) is 0 Å². The molecule has 0 unspecified atom stereocenters. The molecule has 0 radical (unpaired) electrons. The average molecular weight is 280 g/mol. The van der Waals surface area contributed by atoms with Gasteiger partial charge >= 0.3 is 0 Å². The van der Waals surface area contributed by atoms with E-state index in [9.17, 15) is 0 Å². The summed E-state index contributed by atoms with van der Waals surface area (Å²) in [7, 11) is 1.82. The molecule has 0 atom stereocenters. The number of nitrogens with two attached hydrogens (primary N) is 1. The van der Waals surface area contributed by atoms with Gasteiger partial charge in [0.05, 0.1) is 5.69 Å². The van der Waals surface area contributed by atoms with Gasteiger partial charge < -0.3 is 10.5 Å². The molecule has 0 bridgehead atoms. The van der Waals surface area contributed by atoms with E-state index < -0.39 is 0 Å². The highest BCUT2D eigenvalue weighted by molar-refractivity contribution is 6.30. The highest BCUT2D eigenvalue weighted by Crippen LogP contribution is 2.26. The largest absolute Gasteiger partial charge is 0.488 e. The minimum absolute atomic E-state index is 0.399. The maximum Gasteiger partial charge on any atom is 0.133 e. The summed E-state index contributed by atoms with van der Waals surface area (Å²) in [6.45, 7) is 4.78. The van der Waals surface area contributed by atoms with Crippen LogP contribution in [0.15, 0.2) is 18.2 Å². The van der Waals surface area contributed by atoms with Crippen LogP contribution in [0.1, 0.15) is 22.4 Å². The van der Waals surface area contributed by atoms with Crippen LogP contribution < -0.4 is 10.5 Å².